The Balaban J connectivity index is 1.60. The Labute approximate surface area is 178 Å². The minimum atomic E-state index is -5.13. The van der Waals surface area contributed by atoms with E-state index in [0.29, 0.717) is 22.9 Å². The molecule has 7 nitrogen and oxygen atoms in total. The normalized spacial score (nSPS) is 27.0. The molecule has 0 saturated heterocycles. The van der Waals surface area contributed by atoms with Crippen molar-refractivity contribution < 1.29 is 45.2 Å². The summed E-state index contributed by atoms with van der Waals surface area (Å²) in [5.74, 6) is -4.84. The lowest BCUT2D eigenvalue weighted by molar-refractivity contribution is -0.218. The zero-order valence-corrected chi connectivity index (χ0v) is 17.7. The van der Waals surface area contributed by atoms with Crippen LogP contribution in [0.1, 0.15) is 29.6 Å². The summed E-state index contributed by atoms with van der Waals surface area (Å²) in [5.41, 5.74) is 0.342. The van der Waals surface area contributed by atoms with Crippen LogP contribution >= 0.6 is 15.9 Å². The third-order valence-electron chi connectivity index (χ3n) is 5.43. The van der Waals surface area contributed by atoms with Crippen molar-refractivity contribution in [2.24, 2.45) is 17.8 Å². The first-order valence-corrected chi connectivity index (χ1v) is 11.4. The summed E-state index contributed by atoms with van der Waals surface area (Å²) in [6, 6.07) is 6.70. The topological polar surface area (TPSA) is 107 Å². The molecule has 5 atom stereocenters. The van der Waals surface area contributed by atoms with Gasteiger partial charge in [-0.3, -0.25) is 9.35 Å². The summed E-state index contributed by atoms with van der Waals surface area (Å²) in [7, 11) is -5.00. The van der Waals surface area contributed by atoms with E-state index >= 15 is 0 Å². The molecule has 0 spiro atoms. The first kappa shape index (κ1) is 23.0. The highest BCUT2D eigenvalue weighted by Gasteiger charge is 2.53. The van der Waals surface area contributed by atoms with E-state index in [2.05, 4.69) is 20.7 Å². The van der Waals surface area contributed by atoms with Gasteiger partial charge < -0.3 is 9.47 Å². The lowest BCUT2D eigenvalue weighted by Crippen LogP contribution is -2.42. The molecule has 5 unspecified atom stereocenters. The number of esters is 2. The van der Waals surface area contributed by atoms with E-state index in [1.54, 1.807) is 24.3 Å². The van der Waals surface area contributed by atoms with Crippen LogP contribution in [0.25, 0.3) is 0 Å². The quantitative estimate of drug-likeness (QED) is 0.457. The molecule has 1 aromatic carbocycles. The Hall–Kier alpha value is -1.66. The Morgan fingerprint density at radius 2 is 1.83 bits per heavy atom. The van der Waals surface area contributed by atoms with Gasteiger partial charge in [-0.1, -0.05) is 12.1 Å². The number of hydrogen-bond donors (Lipinski definition) is 1. The second kappa shape index (κ2) is 8.46. The van der Waals surface area contributed by atoms with Gasteiger partial charge >= 0.3 is 18.1 Å². The fourth-order valence-corrected chi connectivity index (χ4v) is 5.18. The molecule has 12 heteroatoms. The summed E-state index contributed by atoms with van der Waals surface area (Å²) < 4.78 is 79.7. The maximum atomic E-state index is 13.0. The zero-order chi connectivity index (χ0) is 22.3. The second-order valence-electron chi connectivity index (χ2n) is 7.47. The van der Waals surface area contributed by atoms with Crippen LogP contribution in [0.4, 0.5) is 13.2 Å². The number of alkyl halides is 3. The lowest BCUT2D eigenvalue weighted by Gasteiger charge is -2.28. The molecule has 0 amide bonds. The number of ether oxygens (including phenoxy) is 2. The third kappa shape index (κ3) is 5.33. The molecule has 1 N–H and O–H groups in total. The predicted octanol–water partition coefficient (Wildman–Crippen LogP) is 3.38. The van der Waals surface area contributed by atoms with E-state index in [1.165, 1.54) is 0 Å². The van der Waals surface area contributed by atoms with E-state index in [4.69, 9.17) is 9.29 Å². The van der Waals surface area contributed by atoms with Gasteiger partial charge in [0.1, 0.15) is 11.9 Å². The van der Waals surface area contributed by atoms with Crippen molar-refractivity contribution in [2.75, 3.05) is 5.75 Å². The van der Waals surface area contributed by atoms with Gasteiger partial charge in [-0.15, -0.1) is 0 Å². The molecule has 0 radical (unpaired) electrons. The van der Waals surface area contributed by atoms with Crippen molar-refractivity contribution >= 4 is 38.0 Å². The van der Waals surface area contributed by atoms with Gasteiger partial charge in [-0.25, -0.2) is 4.79 Å². The van der Waals surface area contributed by atoms with E-state index in [1.807, 2.05) is 0 Å². The number of rotatable bonds is 6. The van der Waals surface area contributed by atoms with Gasteiger partial charge in [-0.05, 0) is 59.2 Å². The van der Waals surface area contributed by atoms with Crippen molar-refractivity contribution in [1.82, 2.24) is 0 Å². The SMILES string of the molecule is O=C(OC1CC2CC1CC2C(=O)OC(CS(=O)(=O)O)C(F)(F)F)c1ccccc1Br. The van der Waals surface area contributed by atoms with Crippen LogP contribution in [0.2, 0.25) is 0 Å². The molecule has 2 bridgehead atoms. The Morgan fingerprint density at radius 3 is 2.37 bits per heavy atom. The maximum absolute atomic E-state index is 13.0. The molecule has 2 fully saturated rings. The Morgan fingerprint density at radius 1 is 1.17 bits per heavy atom. The molecule has 0 aromatic heterocycles. The summed E-state index contributed by atoms with van der Waals surface area (Å²) in [6.07, 6.45) is -7.57. The largest absolute Gasteiger partial charge is 0.458 e. The van der Waals surface area contributed by atoms with E-state index in [-0.39, 0.29) is 18.3 Å². The fraction of sp³-hybridized carbons (Fsp3) is 0.556. The smallest absolute Gasteiger partial charge is 0.426 e. The standard InChI is InChI=1S/C18H18BrF3O7S/c19-13-4-2-1-3-11(13)16(23)28-14-7-9-5-10(14)6-12(9)17(24)29-15(18(20,21)22)8-30(25,26)27/h1-4,9-10,12,14-15H,5-8H2,(H,25,26,27). The first-order chi connectivity index (χ1) is 13.8. The molecule has 1 aromatic rings. The highest BCUT2D eigenvalue weighted by atomic mass is 79.9. The number of benzene rings is 1. The van der Waals surface area contributed by atoms with Crippen molar-refractivity contribution in [3.05, 3.63) is 34.3 Å². The number of carbonyl (C=O) groups is 2. The average molecular weight is 515 g/mol. The molecule has 2 saturated carbocycles. The molecular weight excluding hydrogens is 497 g/mol. The molecule has 0 aliphatic heterocycles. The number of carbonyl (C=O) groups excluding carboxylic acids is 2. The summed E-state index contributed by atoms with van der Waals surface area (Å²) in [6.45, 7) is 0. The Bertz CT molecular complexity index is 934. The van der Waals surface area contributed by atoms with Crippen molar-refractivity contribution in [2.45, 2.75) is 37.6 Å². The van der Waals surface area contributed by atoms with E-state index in [9.17, 15) is 31.2 Å². The van der Waals surface area contributed by atoms with Crippen LogP contribution in [0.15, 0.2) is 28.7 Å². The van der Waals surface area contributed by atoms with Crippen LogP contribution < -0.4 is 0 Å². The van der Waals surface area contributed by atoms with Crippen LogP contribution in [0.5, 0.6) is 0 Å². The molecule has 166 valence electrons. The summed E-state index contributed by atoms with van der Waals surface area (Å²) in [4.78, 5) is 24.6. The number of halogens is 4. The van der Waals surface area contributed by atoms with Crippen LogP contribution in [0, 0.1) is 17.8 Å². The van der Waals surface area contributed by atoms with Gasteiger partial charge in [0.25, 0.3) is 10.1 Å². The highest BCUT2D eigenvalue weighted by Crippen LogP contribution is 2.50. The molecule has 30 heavy (non-hydrogen) atoms. The fourth-order valence-electron chi connectivity index (χ4n) is 4.10. The monoisotopic (exact) mass is 514 g/mol. The van der Waals surface area contributed by atoms with Crippen LogP contribution in [-0.4, -0.2) is 49.0 Å². The van der Waals surface area contributed by atoms with Gasteiger partial charge in [0.15, 0.2) is 0 Å². The van der Waals surface area contributed by atoms with Crippen molar-refractivity contribution in [3.8, 4) is 0 Å². The predicted molar refractivity (Wildman–Crippen MR) is 100 cm³/mol. The van der Waals surface area contributed by atoms with Gasteiger partial charge in [0.2, 0.25) is 6.10 Å². The van der Waals surface area contributed by atoms with Gasteiger partial charge in [0.05, 0.1) is 11.5 Å². The Kier molecular flexibility index (Phi) is 6.49. The second-order valence-corrected chi connectivity index (χ2v) is 9.82. The molecule has 3 rings (SSSR count). The van der Waals surface area contributed by atoms with Crippen molar-refractivity contribution in [3.63, 3.8) is 0 Å². The molecule has 2 aliphatic rings. The van der Waals surface area contributed by atoms with Crippen LogP contribution in [-0.2, 0) is 24.4 Å². The molecular formula is C18H18BrF3O7S. The van der Waals surface area contributed by atoms with E-state index < -0.39 is 52.1 Å². The number of fused-ring (bicyclic) bond motifs is 2. The van der Waals surface area contributed by atoms with E-state index in [0.717, 1.165) is 0 Å². The average Bonchev–Trinajstić information content (AvgIpc) is 3.19. The zero-order valence-electron chi connectivity index (χ0n) is 15.3. The van der Waals surface area contributed by atoms with Crippen LogP contribution in [0.3, 0.4) is 0 Å². The molecule has 0 heterocycles. The van der Waals surface area contributed by atoms with Crippen molar-refractivity contribution in [1.29, 1.82) is 0 Å². The lowest BCUT2D eigenvalue weighted by atomic mass is 9.87. The third-order valence-corrected chi connectivity index (χ3v) is 6.85. The minimum Gasteiger partial charge on any atom is -0.458 e. The molecule has 2 aliphatic carbocycles. The minimum absolute atomic E-state index is 0.174. The summed E-state index contributed by atoms with van der Waals surface area (Å²) >= 11 is 3.26. The van der Waals surface area contributed by atoms with Gasteiger partial charge in [-0.2, -0.15) is 21.6 Å². The highest BCUT2D eigenvalue weighted by molar-refractivity contribution is 9.10. The maximum Gasteiger partial charge on any atom is 0.426 e. The number of hydrogen-bond acceptors (Lipinski definition) is 6. The van der Waals surface area contributed by atoms with Gasteiger partial charge in [0, 0.05) is 4.47 Å². The summed E-state index contributed by atoms with van der Waals surface area (Å²) in [5, 5.41) is 0. The first-order valence-electron chi connectivity index (χ1n) is 9.03.